The number of halogens is 3. The van der Waals surface area contributed by atoms with Crippen LogP contribution in [0.1, 0.15) is 16.8 Å². The van der Waals surface area contributed by atoms with Crippen LogP contribution in [-0.4, -0.2) is 40.3 Å². The van der Waals surface area contributed by atoms with Crippen molar-refractivity contribution in [2.75, 3.05) is 24.5 Å². The van der Waals surface area contributed by atoms with E-state index in [2.05, 4.69) is 4.98 Å². The molecule has 3 heterocycles. The van der Waals surface area contributed by atoms with Crippen molar-refractivity contribution < 1.29 is 23.1 Å². The molecule has 5 rings (SSSR count). The predicted octanol–water partition coefficient (Wildman–Crippen LogP) is 2.29. The quantitative estimate of drug-likeness (QED) is 0.659. The molecule has 2 fully saturated rings. The molecule has 3 aromatic rings. The highest BCUT2D eigenvalue weighted by molar-refractivity contribution is 5.92. The van der Waals surface area contributed by atoms with Gasteiger partial charge in [0.15, 0.2) is 17.3 Å². The van der Waals surface area contributed by atoms with E-state index in [1.165, 1.54) is 0 Å². The maximum atomic E-state index is 15.0. The number of aromatic carboxylic acids is 1. The number of nitrogens with two attached hydrogens (primary N) is 1. The molecule has 0 spiro atoms. The van der Waals surface area contributed by atoms with Crippen LogP contribution in [-0.2, 0) is 0 Å². The molecule has 31 heavy (non-hydrogen) atoms. The third kappa shape index (κ3) is 2.89. The largest absolute Gasteiger partial charge is 0.477 e. The summed E-state index contributed by atoms with van der Waals surface area (Å²) in [6.45, 7) is 1.53. The first kappa shape index (κ1) is 19.6. The van der Waals surface area contributed by atoms with Crippen molar-refractivity contribution in [2.45, 2.75) is 6.42 Å². The normalized spacial score (nSPS) is 22.1. The summed E-state index contributed by atoms with van der Waals surface area (Å²) in [5, 5.41) is 9.08. The van der Waals surface area contributed by atoms with Gasteiger partial charge in [0.25, 0.3) is 0 Å². The summed E-state index contributed by atoms with van der Waals surface area (Å²) in [7, 11) is 0. The van der Waals surface area contributed by atoms with Crippen molar-refractivity contribution in [3.05, 3.63) is 63.7 Å². The third-order valence-corrected chi connectivity index (χ3v) is 6.32. The van der Waals surface area contributed by atoms with Crippen LogP contribution < -0.4 is 16.1 Å². The summed E-state index contributed by atoms with van der Waals surface area (Å²) < 4.78 is 43.9. The van der Waals surface area contributed by atoms with E-state index in [1.807, 2.05) is 0 Å². The standard InChI is InChI=1S/C21H17F3N4O3/c22-11-1-2-16(14(23)3-11)28-7-13(20(30)31)17(29)12-4-15(24)19(26-18(12)28)27-6-10-5-21(10,8-25)9-27/h1-4,7,10H,5-6,8-9,25H2,(H,30,31). The number of fused-ring (bicyclic) bond motifs is 2. The van der Waals surface area contributed by atoms with Gasteiger partial charge in [-0.25, -0.2) is 22.9 Å². The van der Waals surface area contributed by atoms with Gasteiger partial charge in [0.05, 0.1) is 11.1 Å². The first-order chi connectivity index (χ1) is 14.7. The summed E-state index contributed by atoms with van der Waals surface area (Å²) in [4.78, 5) is 30.2. The zero-order chi connectivity index (χ0) is 22.1. The minimum absolute atomic E-state index is 0.0220. The molecule has 1 aliphatic carbocycles. The number of pyridine rings is 2. The number of nitrogens with zero attached hydrogens (tertiary/aromatic N) is 3. The van der Waals surface area contributed by atoms with Crippen molar-refractivity contribution in [3.8, 4) is 5.69 Å². The van der Waals surface area contributed by atoms with E-state index in [0.29, 0.717) is 31.6 Å². The van der Waals surface area contributed by atoms with Gasteiger partial charge in [-0.05, 0) is 37.1 Å². The van der Waals surface area contributed by atoms with Gasteiger partial charge in [0.2, 0.25) is 5.43 Å². The van der Waals surface area contributed by atoms with Crippen LogP contribution >= 0.6 is 0 Å². The fourth-order valence-corrected chi connectivity index (χ4v) is 4.52. The number of hydrogen-bond donors (Lipinski definition) is 2. The predicted molar refractivity (Wildman–Crippen MR) is 106 cm³/mol. The summed E-state index contributed by atoms with van der Waals surface area (Å²) in [6, 6.07) is 3.64. The summed E-state index contributed by atoms with van der Waals surface area (Å²) in [5.41, 5.74) is 3.81. The number of carbonyl (C=O) groups is 1. The number of rotatable bonds is 4. The van der Waals surface area contributed by atoms with Crippen LogP contribution in [0.25, 0.3) is 16.7 Å². The van der Waals surface area contributed by atoms with Crippen LogP contribution in [0.15, 0.2) is 35.3 Å². The fraction of sp³-hybridized carbons (Fsp3) is 0.286. The van der Waals surface area contributed by atoms with Gasteiger partial charge >= 0.3 is 5.97 Å². The molecule has 0 bridgehead atoms. The lowest BCUT2D eigenvalue weighted by atomic mass is 10.1. The molecule has 2 unspecified atom stereocenters. The van der Waals surface area contributed by atoms with E-state index in [9.17, 15) is 27.9 Å². The Labute approximate surface area is 173 Å². The van der Waals surface area contributed by atoms with E-state index in [1.54, 1.807) is 4.90 Å². The molecule has 1 aromatic carbocycles. The Kier molecular flexibility index (Phi) is 4.13. The first-order valence-corrected chi connectivity index (χ1v) is 9.64. The van der Waals surface area contributed by atoms with E-state index >= 15 is 0 Å². The number of carboxylic acid groups (broad SMARTS) is 1. The van der Waals surface area contributed by atoms with E-state index < -0.39 is 34.4 Å². The van der Waals surface area contributed by atoms with Crippen LogP contribution in [0.2, 0.25) is 0 Å². The van der Waals surface area contributed by atoms with Gasteiger partial charge < -0.3 is 15.7 Å². The average molecular weight is 430 g/mol. The maximum Gasteiger partial charge on any atom is 0.341 e. The highest BCUT2D eigenvalue weighted by Gasteiger charge is 2.59. The smallest absolute Gasteiger partial charge is 0.341 e. The van der Waals surface area contributed by atoms with E-state index in [-0.39, 0.29) is 28.0 Å². The maximum absolute atomic E-state index is 15.0. The molecule has 10 heteroatoms. The molecule has 1 aliphatic heterocycles. The van der Waals surface area contributed by atoms with Gasteiger partial charge in [-0.1, -0.05) is 0 Å². The number of aromatic nitrogens is 2. The number of anilines is 1. The molecule has 2 aromatic heterocycles. The lowest BCUT2D eigenvalue weighted by Gasteiger charge is -2.23. The topological polar surface area (TPSA) is 101 Å². The molecule has 1 saturated heterocycles. The zero-order valence-electron chi connectivity index (χ0n) is 16.1. The second kappa shape index (κ2) is 6.55. The van der Waals surface area contributed by atoms with Crippen LogP contribution in [0.4, 0.5) is 19.0 Å². The number of piperidine rings is 1. The minimum Gasteiger partial charge on any atom is -0.477 e. The van der Waals surface area contributed by atoms with Crippen LogP contribution in [0, 0.1) is 28.8 Å². The summed E-state index contributed by atoms with van der Waals surface area (Å²) in [5.74, 6) is -3.85. The van der Waals surface area contributed by atoms with Crippen molar-refractivity contribution >= 4 is 22.8 Å². The second-order valence-electron chi connectivity index (χ2n) is 8.16. The van der Waals surface area contributed by atoms with Crippen LogP contribution in [0.5, 0.6) is 0 Å². The van der Waals surface area contributed by atoms with E-state index in [4.69, 9.17) is 5.73 Å². The molecule has 0 radical (unpaired) electrons. The Balaban J connectivity index is 1.75. The average Bonchev–Trinajstić information content (AvgIpc) is 3.29. The lowest BCUT2D eigenvalue weighted by Crippen LogP contribution is -2.30. The van der Waals surface area contributed by atoms with Gasteiger partial charge in [0.1, 0.15) is 17.2 Å². The molecule has 2 aliphatic rings. The molecule has 7 nitrogen and oxygen atoms in total. The Morgan fingerprint density at radius 2 is 2.03 bits per heavy atom. The van der Waals surface area contributed by atoms with Gasteiger partial charge in [-0.2, -0.15) is 0 Å². The molecule has 160 valence electrons. The third-order valence-electron chi connectivity index (χ3n) is 6.32. The highest BCUT2D eigenvalue weighted by Crippen LogP contribution is 2.57. The SMILES string of the molecule is NCC12CC1CN(c1nc3c(cc1F)c(=O)c(C(=O)O)cn3-c1ccc(F)cc1F)C2. The Bertz CT molecular complexity index is 1320. The first-order valence-electron chi connectivity index (χ1n) is 9.64. The molecular weight excluding hydrogens is 413 g/mol. The summed E-state index contributed by atoms with van der Waals surface area (Å²) in [6.07, 6.45) is 1.88. The Morgan fingerprint density at radius 3 is 2.68 bits per heavy atom. The summed E-state index contributed by atoms with van der Waals surface area (Å²) >= 11 is 0. The zero-order valence-corrected chi connectivity index (χ0v) is 16.1. The number of carboxylic acids is 1. The second-order valence-corrected chi connectivity index (χ2v) is 8.16. The lowest BCUT2D eigenvalue weighted by molar-refractivity contribution is 0.0695. The van der Waals surface area contributed by atoms with Gasteiger partial charge in [-0.3, -0.25) is 9.36 Å². The molecular formula is C21H17F3N4O3. The van der Waals surface area contributed by atoms with Crippen molar-refractivity contribution in [1.82, 2.24) is 9.55 Å². The highest BCUT2D eigenvalue weighted by atomic mass is 19.1. The Morgan fingerprint density at radius 1 is 1.26 bits per heavy atom. The molecule has 0 amide bonds. The van der Waals surface area contributed by atoms with Gasteiger partial charge in [-0.15, -0.1) is 0 Å². The van der Waals surface area contributed by atoms with Crippen molar-refractivity contribution in [1.29, 1.82) is 0 Å². The van der Waals surface area contributed by atoms with E-state index in [0.717, 1.165) is 35.4 Å². The molecule has 1 saturated carbocycles. The van der Waals surface area contributed by atoms with Crippen LogP contribution in [0.3, 0.4) is 0 Å². The minimum atomic E-state index is -1.56. The van der Waals surface area contributed by atoms with Gasteiger partial charge in [0, 0.05) is 30.8 Å². The molecule has 2 atom stereocenters. The number of hydrogen-bond acceptors (Lipinski definition) is 5. The fourth-order valence-electron chi connectivity index (χ4n) is 4.52. The number of benzene rings is 1. The van der Waals surface area contributed by atoms with Crippen molar-refractivity contribution in [3.63, 3.8) is 0 Å². The monoisotopic (exact) mass is 430 g/mol. The van der Waals surface area contributed by atoms with Crippen molar-refractivity contribution in [2.24, 2.45) is 17.1 Å². The Hall–Kier alpha value is -3.40. The molecule has 3 N–H and O–H groups in total.